The fourth-order valence-corrected chi connectivity index (χ4v) is 6.31. The first-order chi connectivity index (χ1) is 15.5. The molecule has 32 heavy (non-hydrogen) atoms. The maximum Gasteiger partial charge on any atom is 0.251 e. The molecule has 3 aromatic rings. The van der Waals surface area contributed by atoms with E-state index in [1.807, 2.05) is 17.5 Å². The number of likely N-dealkylation sites (tertiary alicyclic amines) is 1. The van der Waals surface area contributed by atoms with Gasteiger partial charge in [0.2, 0.25) is 10.0 Å². The van der Waals surface area contributed by atoms with Gasteiger partial charge in [0.15, 0.2) is 0 Å². The first-order valence-electron chi connectivity index (χ1n) is 10.6. The minimum absolute atomic E-state index is 0.101. The van der Waals surface area contributed by atoms with Crippen LogP contribution in [-0.4, -0.2) is 38.9 Å². The Morgan fingerprint density at radius 2 is 1.72 bits per heavy atom. The molecule has 1 fully saturated rings. The van der Waals surface area contributed by atoms with E-state index in [9.17, 15) is 13.2 Å². The molecule has 4 rings (SSSR count). The van der Waals surface area contributed by atoms with Gasteiger partial charge in [-0.2, -0.15) is 0 Å². The summed E-state index contributed by atoms with van der Waals surface area (Å²) in [5.74, 6) is 0.208. The van der Waals surface area contributed by atoms with Crippen LogP contribution in [0.5, 0.6) is 0 Å². The molecule has 0 bridgehead atoms. The van der Waals surface area contributed by atoms with Gasteiger partial charge in [0.25, 0.3) is 5.91 Å². The average molecular weight is 490 g/mol. The van der Waals surface area contributed by atoms with Gasteiger partial charge in [0, 0.05) is 35.0 Å². The monoisotopic (exact) mass is 489 g/mol. The lowest BCUT2D eigenvalue weighted by atomic mass is 9.96. The van der Waals surface area contributed by atoms with E-state index in [-0.39, 0.29) is 17.3 Å². The first kappa shape index (κ1) is 23.1. The Labute approximate surface area is 197 Å². The van der Waals surface area contributed by atoms with Crippen molar-refractivity contribution in [3.63, 3.8) is 0 Å². The predicted octanol–water partition coefficient (Wildman–Crippen LogP) is 3.93. The number of nitrogens with one attached hydrogen (secondary N) is 2. The minimum Gasteiger partial charge on any atom is -0.352 e. The topological polar surface area (TPSA) is 78.5 Å². The van der Waals surface area contributed by atoms with E-state index >= 15 is 0 Å². The molecule has 9 heteroatoms. The summed E-state index contributed by atoms with van der Waals surface area (Å²) >= 11 is 3.28. The summed E-state index contributed by atoms with van der Waals surface area (Å²) in [5.41, 5.74) is 0.360. The molecule has 1 amide bonds. The summed E-state index contributed by atoms with van der Waals surface area (Å²) < 4.78 is 27.8. The molecule has 6 nitrogen and oxygen atoms in total. The van der Waals surface area contributed by atoms with Gasteiger partial charge < -0.3 is 5.32 Å². The number of benzene rings is 1. The zero-order valence-electron chi connectivity index (χ0n) is 17.7. The molecule has 1 aliphatic rings. The van der Waals surface area contributed by atoms with Gasteiger partial charge in [0.1, 0.15) is 0 Å². The van der Waals surface area contributed by atoms with E-state index in [1.165, 1.54) is 28.3 Å². The molecule has 2 aromatic heterocycles. The molecule has 0 unspecified atom stereocenters. The third kappa shape index (κ3) is 6.26. The number of thiophene rings is 2. The smallest absolute Gasteiger partial charge is 0.251 e. The SMILES string of the molecule is O=C(NCC1CCN(Cc2cccs2)CC1)c1cccc(S(=O)(=O)NCc2cccs2)c1. The van der Waals surface area contributed by atoms with Gasteiger partial charge in [-0.1, -0.05) is 18.2 Å². The maximum atomic E-state index is 12.7. The number of hydrogen-bond donors (Lipinski definition) is 2. The number of nitrogens with zero attached hydrogens (tertiary/aromatic N) is 1. The fraction of sp³-hybridized carbons (Fsp3) is 0.348. The summed E-state index contributed by atoms with van der Waals surface area (Å²) in [6, 6.07) is 14.2. The molecule has 1 saturated heterocycles. The van der Waals surface area contributed by atoms with Crippen molar-refractivity contribution in [3.8, 4) is 0 Å². The summed E-state index contributed by atoms with van der Waals surface area (Å²) in [5, 5.41) is 7.01. The Hall–Kier alpha value is -2.04. The highest BCUT2D eigenvalue weighted by Gasteiger charge is 2.21. The summed E-state index contributed by atoms with van der Waals surface area (Å²) in [7, 11) is -3.68. The lowest BCUT2D eigenvalue weighted by Crippen LogP contribution is -2.38. The van der Waals surface area contributed by atoms with Crippen molar-refractivity contribution in [2.24, 2.45) is 5.92 Å². The standard InChI is InChI=1S/C23H27N3O3S3/c27-23(24-15-18-8-10-26(11-9-18)17-21-6-3-13-31-21)19-4-1-7-22(14-19)32(28,29)25-16-20-5-2-12-30-20/h1-7,12-14,18,25H,8-11,15-17H2,(H,24,27). The van der Waals surface area contributed by atoms with Crippen LogP contribution in [0, 0.1) is 5.92 Å². The molecule has 0 radical (unpaired) electrons. The Balaban J connectivity index is 1.26. The summed E-state index contributed by atoms with van der Waals surface area (Å²) in [6.07, 6.45) is 2.10. The van der Waals surface area contributed by atoms with E-state index in [0.717, 1.165) is 37.4 Å². The highest BCUT2D eigenvalue weighted by molar-refractivity contribution is 7.89. The number of rotatable bonds is 9. The molecule has 1 aromatic carbocycles. The van der Waals surface area contributed by atoms with Gasteiger partial charge in [-0.3, -0.25) is 9.69 Å². The second-order valence-corrected chi connectivity index (χ2v) is 11.8. The average Bonchev–Trinajstić information content (AvgIpc) is 3.52. The highest BCUT2D eigenvalue weighted by Crippen LogP contribution is 2.20. The normalized spacial score (nSPS) is 15.6. The zero-order chi connectivity index (χ0) is 22.4. The number of piperidine rings is 1. The van der Waals surface area contributed by atoms with Gasteiger partial charge in [0.05, 0.1) is 4.90 Å². The fourth-order valence-electron chi connectivity index (χ4n) is 3.78. The van der Waals surface area contributed by atoms with Crippen molar-refractivity contribution in [2.75, 3.05) is 19.6 Å². The molecule has 3 heterocycles. The third-order valence-corrected chi connectivity index (χ3v) is 8.78. The zero-order valence-corrected chi connectivity index (χ0v) is 20.1. The number of hydrogen-bond acceptors (Lipinski definition) is 6. The number of sulfonamides is 1. The Morgan fingerprint density at radius 3 is 2.41 bits per heavy atom. The largest absolute Gasteiger partial charge is 0.352 e. The van der Waals surface area contributed by atoms with Gasteiger partial charge in [-0.15, -0.1) is 22.7 Å². The number of carbonyl (C=O) groups is 1. The van der Waals surface area contributed by atoms with Crippen molar-refractivity contribution < 1.29 is 13.2 Å². The Kier molecular flexibility index (Phi) is 7.75. The van der Waals surface area contributed by atoms with Gasteiger partial charge >= 0.3 is 0 Å². The van der Waals surface area contributed by atoms with Crippen molar-refractivity contribution in [3.05, 3.63) is 74.6 Å². The van der Waals surface area contributed by atoms with Crippen LogP contribution in [0.1, 0.15) is 33.0 Å². The quantitative estimate of drug-likeness (QED) is 0.477. The van der Waals surface area contributed by atoms with Crippen LogP contribution < -0.4 is 10.0 Å². The number of amides is 1. The van der Waals surface area contributed by atoms with Crippen LogP contribution in [0.15, 0.2) is 64.2 Å². The van der Waals surface area contributed by atoms with Crippen LogP contribution >= 0.6 is 22.7 Å². The molecular weight excluding hydrogens is 462 g/mol. The minimum atomic E-state index is -3.68. The van der Waals surface area contributed by atoms with Crippen molar-refractivity contribution in [1.82, 2.24) is 14.9 Å². The molecule has 1 aliphatic heterocycles. The Morgan fingerprint density at radius 1 is 1.00 bits per heavy atom. The van der Waals surface area contributed by atoms with E-state index in [2.05, 4.69) is 32.5 Å². The van der Waals surface area contributed by atoms with E-state index < -0.39 is 10.0 Å². The highest BCUT2D eigenvalue weighted by atomic mass is 32.2. The Bertz CT molecular complexity index is 1100. The van der Waals surface area contributed by atoms with Crippen LogP contribution in [0.3, 0.4) is 0 Å². The van der Waals surface area contributed by atoms with Crippen molar-refractivity contribution in [1.29, 1.82) is 0 Å². The van der Waals surface area contributed by atoms with Crippen LogP contribution in [0.25, 0.3) is 0 Å². The molecular formula is C23H27N3O3S3. The molecule has 0 atom stereocenters. The van der Waals surface area contributed by atoms with Crippen LogP contribution in [0.4, 0.5) is 0 Å². The maximum absolute atomic E-state index is 12.7. The third-order valence-electron chi connectivity index (χ3n) is 5.64. The molecule has 170 valence electrons. The lowest BCUT2D eigenvalue weighted by molar-refractivity contribution is 0.0935. The predicted molar refractivity (Wildman–Crippen MR) is 129 cm³/mol. The van der Waals surface area contributed by atoms with Crippen molar-refractivity contribution >= 4 is 38.6 Å². The summed E-state index contributed by atoms with van der Waals surface area (Å²) in [4.78, 5) is 17.5. The van der Waals surface area contributed by atoms with E-state index in [0.29, 0.717) is 18.0 Å². The van der Waals surface area contributed by atoms with Crippen LogP contribution in [0.2, 0.25) is 0 Å². The molecule has 0 spiro atoms. The molecule has 0 saturated carbocycles. The van der Waals surface area contributed by atoms with Crippen molar-refractivity contribution in [2.45, 2.75) is 30.8 Å². The van der Waals surface area contributed by atoms with Gasteiger partial charge in [-0.25, -0.2) is 13.1 Å². The summed E-state index contributed by atoms with van der Waals surface area (Å²) in [6.45, 7) is 3.91. The molecule has 0 aliphatic carbocycles. The number of carbonyl (C=O) groups excluding carboxylic acids is 1. The van der Waals surface area contributed by atoms with Crippen LogP contribution in [-0.2, 0) is 23.1 Å². The lowest BCUT2D eigenvalue weighted by Gasteiger charge is -2.31. The second kappa shape index (κ2) is 10.7. The first-order valence-corrected chi connectivity index (χ1v) is 13.9. The van der Waals surface area contributed by atoms with E-state index in [4.69, 9.17) is 0 Å². The molecule has 2 N–H and O–H groups in total. The van der Waals surface area contributed by atoms with Gasteiger partial charge in [-0.05, 0) is 72.9 Å². The second-order valence-electron chi connectivity index (χ2n) is 7.94. The van der Waals surface area contributed by atoms with E-state index in [1.54, 1.807) is 23.5 Å².